The van der Waals surface area contributed by atoms with Crippen LogP contribution in [0.25, 0.3) is 0 Å². The van der Waals surface area contributed by atoms with Gasteiger partial charge in [-0.1, -0.05) is 33.6 Å². The van der Waals surface area contributed by atoms with Crippen molar-refractivity contribution in [3.8, 4) is 0 Å². The van der Waals surface area contributed by atoms with E-state index in [2.05, 4.69) is 25.7 Å². The van der Waals surface area contributed by atoms with Crippen LogP contribution in [-0.2, 0) is 0 Å². The number of hydrogen-bond donors (Lipinski definition) is 1. The Morgan fingerprint density at radius 2 is 1.83 bits per heavy atom. The zero-order valence-electron chi connectivity index (χ0n) is 12.7. The fraction of sp³-hybridized carbons (Fsp3) is 1.00. The van der Waals surface area contributed by atoms with E-state index in [0.717, 1.165) is 25.3 Å². The molecule has 0 spiro atoms. The van der Waals surface area contributed by atoms with Gasteiger partial charge in [0.05, 0.1) is 0 Å². The molecule has 0 radical (unpaired) electrons. The van der Waals surface area contributed by atoms with Gasteiger partial charge in [0.1, 0.15) is 0 Å². The van der Waals surface area contributed by atoms with Crippen LogP contribution in [0.3, 0.4) is 0 Å². The molecule has 0 aromatic carbocycles. The van der Waals surface area contributed by atoms with Gasteiger partial charge in [-0.05, 0) is 51.1 Å². The van der Waals surface area contributed by atoms with Gasteiger partial charge in [-0.2, -0.15) is 0 Å². The number of aliphatic hydroxyl groups is 1. The third-order valence-corrected chi connectivity index (χ3v) is 5.03. The van der Waals surface area contributed by atoms with Crippen LogP contribution in [0.1, 0.15) is 65.7 Å². The molecular formula is C16H33NO. The highest BCUT2D eigenvalue weighted by atomic mass is 16.3. The summed E-state index contributed by atoms with van der Waals surface area (Å²) in [5, 5.41) is 9.69. The van der Waals surface area contributed by atoms with Crippen molar-refractivity contribution >= 4 is 0 Å². The molecule has 1 aliphatic rings. The van der Waals surface area contributed by atoms with Crippen LogP contribution in [0.2, 0.25) is 0 Å². The zero-order valence-corrected chi connectivity index (χ0v) is 12.7. The molecule has 1 heterocycles. The first kappa shape index (κ1) is 16.0. The van der Waals surface area contributed by atoms with Crippen molar-refractivity contribution in [2.45, 2.75) is 65.7 Å². The van der Waals surface area contributed by atoms with Crippen LogP contribution < -0.4 is 0 Å². The highest BCUT2D eigenvalue weighted by Crippen LogP contribution is 2.29. The molecule has 0 amide bonds. The second kappa shape index (κ2) is 8.16. The third kappa shape index (κ3) is 4.55. The minimum atomic E-state index is 0.143. The van der Waals surface area contributed by atoms with Crippen molar-refractivity contribution in [2.75, 3.05) is 26.2 Å². The van der Waals surface area contributed by atoms with E-state index in [1.54, 1.807) is 0 Å². The Bertz CT molecular complexity index is 205. The summed E-state index contributed by atoms with van der Waals surface area (Å²) < 4.78 is 0. The molecule has 0 aromatic rings. The highest BCUT2D eigenvalue weighted by Gasteiger charge is 2.29. The van der Waals surface area contributed by atoms with E-state index in [4.69, 9.17) is 0 Å². The third-order valence-electron chi connectivity index (χ3n) is 5.03. The molecule has 1 saturated heterocycles. The smallest absolute Gasteiger partial charge is 0.0499 e. The summed E-state index contributed by atoms with van der Waals surface area (Å²) in [4.78, 5) is 2.61. The second-order valence-corrected chi connectivity index (χ2v) is 6.23. The molecule has 18 heavy (non-hydrogen) atoms. The first-order valence-electron chi connectivity index (χ1n) is 8.03. The van der Waals surface area contributed by atoms with Crippen LogP contribution in [0, 0.1) is 11.3 Å². The lowest BCUT2D eigenvalue weighted by Crippen LogP contribution is -2.40. The minimum absolute atomic E-state index is 0.143. The molecule has 0 saturated carbocycles. The Morgan fingerprint density at radius 1 is 1.11 bits per heavy atom. The number of nitrogens with zero attached hydrogens (tertiary/aromatic N) is 1. The predicted molar refractivity (Wildman–Crippen MR) is 78.8 cm³/mol. The molecule has 1 aliphatic heterocycles. The summed E-state index contributed by atoms with van der Waals surface area (Å²) in [6, 6.07) is 0. The first-order chi connectivity index (χ1) is 8.69. The van der Waals surface area contributed by atoms with Crippen LogP contribution in [0.4, 0.5) is 0 Å². The van der Waals surface area contributed by atoms with Crippen molar-refractivity contribution in [1.29, 1.82) is 0 Å². The predicted octanol–water partition coefficient (Wildman–Crippen LogP) is 3.69. The molecule has 0 aliphatic carbocycles. The fourth-order valence-corrected chi connectivity index (χ4v) is 3.30. The topological polar surface area (TPSA) is 23.5 Å². The maximum Gasteiger partial charge on any atom is 0.0499 e. The molecule has 1 rings (SSSR count). The maximum atomic E-state index is 9.69. The van der Waals surface area contributed by atoms with Gasteiger partial charge >= 0.3 is 0 Å². The van der Waals surface area contributed by atoms with E-state index >= 15 is 0 Å². The van der Waals surface area contributed by atoms with Crippen LogP contribution in [-0.4, -0.2) is 36.2 Å². The first-order valence-corrected chi connectivity index (χ1v) is 8.03. The average molecular weight is 255 g/mol. The largest absolute Gasteiger partial charge is 0.396 e. The molecule has 108 valence electrons. The lowest BCUT2D eigenvalue weighted by Gasteiger charge is -2.35. The van der Waals surface area contributed by atoms with Gasteiger partial charge in [0, 0.05) is 18.6 Å². The molecule has 1 N–H and O–H groups in total. The lowest BCUT2D eigenvalue weighted by molar-refractivity contribution is 0.0666. The van der Waals surface area contributed by atoms with Gasteiger partial charge in [0.15, 0.2) is 0 Å². The Kier molecular flexibility index (Phi) is 7.25. The van der Waals surface area contributed by atoms with Crippen molar-refractivity contribution in [3.63, 3.8) is 0 Å². The zero-order chi connectivity index (χ0) is 13.4. The van der Waals surface area contributed by atoms with Gasteiger partial charge in [-0.15, -0.1) is 0 Å². The Balaban J connectivity index is 2.47. The summed E-state index contributed by atoms with van der Waals surface area (Å²) in [7, 11) is 0. The second-order valence-electron chi connectivity index (χ2n) is 6.23. The molecule has 1 unspecified atom stereocenters. The SMILES string of the molecule is CCCC1CCCN(CC(CC)(CC)CO)CC1. The van der Waals surface area contributed by atoms with Crippen molar-refractivity contribution in [2.24, 2.45) is 11.3 Å². The molecule has 2 heteroatoms. The van der Waals surface area contributed by atoms with Crippen molar-refractivity contribution < 1.29 is 5.11 Å². The molecule has 1 fully saturated rings. The summed E-state index contributed by atoms with van der Waals surface area (Å²) in [5.41, 5.74) is 0.143. The van der Waals surface area contributed by atoms with Crippen LogP contribution in [0.15, 0.2) is 0 Å². The molecule has 0 bridgehead atoms. The molecular weight excluding hydrogens is 222 g/mol. The number of likely N-dealkylation sites (tertiary alicyclic amines) is 1. The number of hydrogen-bond acceptors (Lipinski definition) is 2. The average Bonchev–Trinajstić information content (AvgIpc) is 2.62. The Hall–Kier alpha value is -0.0800. The summed E-state index contributed by atoms with van der Waals surface area (Å²) >= 11 is 0. The van der Waals surface area contributed by atoms with Gasteiger partial charge in [-0.3, -0.25) is 0 Å². The van der Waals surface area contributed by atoms with Gasteiger partial charge in [0.2, 0.25) is 0 Å². The Morgan fingerprint density at radius 3 is 2.39 bits per heavy atom. The Labute approximate surface area is 114 Å². The van der Waals surface area contributed by atoms with E-state index in [-0.39, 0.29) is 5.41 Å². The minimum Gasteiger partial charge on any atom is -0.396 e. The van der Waals surface area contributed by atoms with Crippen molar-refractivity contribution in [1.82, 2.24) is 4.90 Å². The summed E-state index contributed by atoms with van der Waals surface area (Å²) in [6.45, 7) is 10.7. The van der Waals surface area contributed by atoms with E-state index in [1.165, 1.54) is 45.2 Å². The van der Waals surface area contributed by atoms with E-state index < -0.39 is 0 Å². The summed E-state index contributed by atoms with van der Waals surface area (Å²) in [6.07, 6.45) is 9.04. The van der Waals surface area contributed by atoms with Gasteiger partial charge < -0.3 is 10.0 Å². The van der Waals surface area contributed by atoms with E-state index in [0.29, 0.717) is 6.61 Å². The monoisotopic (exact) mass is 255 g/mol. The highest BCUT2D eigenvalue weighted by molar-refractivity contribution is 4.81. The standard InChI is InChI=1S/C16H33NO/c1-4-8-15-9-7-11-17(12-10-15)13-16(5-2,6-3)14-18/h15,18H,4-14H2,1-3H3. The van der Waals surface area contributed by atoms with Crippen molar-refractivity contribution in [3.05, 3.63) is 0 Å². The van der Waals surface area contributed by atoms with Crippen LogP contribution in [0.5, 0.6) is 0 Å². The molecule has 1 atom stereocenters. The summed E-state index contributed by atoms with van der Waals surface area (Å²) in [5.74, 6) is 0.951. The maximum absolute atomic E-state index is 9.69. The number of aliphatic hydroxyl groups excluding tert-OH is 1. The molecule has 0 aromatic heterocycles. The lowest BCUT2D eigenvalue weighted by atomic mass is 9.82. The van der Waals surface area contributed by atoms with Crippen LogP contribution >= 0.6 is 0 Å². The van der Waals surface area contributed by atoms with E-state index in [9.17, 15) is 5.11 Å². The van der Waals surface area contributed by atoms with Gasteiger partial charge in [0.25, 0.3) is 0 Å². The molecule has 2 nitrogen and oxygen atoms in total. The normalized spacial score (nSPS) is 23.0. The fourth-order valence-electron chi connectivity index (χ4n) is 3.30. The quantitative estimate of drug-likeness (QED) is 0.750. The number of rotatable bonds is 7. The van der Waals surface area contributed by atoms with Gasteiger partial charge in [-0.25, -0.2) is 0 Å². The van der Waals surface area contributed by atoms with E-state index in [1.807, 2.05) is 0 Å².